The lowest BCUT2D eigenvalue weighted by Crippen LogP contribution is -2.16. The Morgan fingerprint density at radius 3 is 2.29 bits per heavy atom. The molecular weight excluding hydrogens is 398 g/mol. The molecule has 0 fully saturated rings. The average molecular weight is 419 g/mol. The first kappa shape index (κ1) is 21.5. The zero-order valence-electron chi connectivity index (χ0n) is 17.1. The van der Waals surface area contributed by atoms with Crippen LogP contribution in [-0.4, -0.2) is 30.9 Å². The minimum Gasteiger partial charge on any atom is -0.457 e. The predicted octanol–water partition coefficient (Wildman–Crippen LogP) is 4.27. The molecule has 0 unspecified atom stereocenters. The number of benzene rings is 3. The number of hydrogen-bond donors (Lipinski definition) is 1. The molecule has 3 rings (SSSR count). The molecule has 0 bridgehead atoms. The molecule has 3 aromatic carbocycles. The minimum atomic E-state index is -0.668. The molecule has 1 amide bonds. The molecule has 0 saturated carbocycles. The predicted molar refractivity (Wildman–Crippen MR) is 117 cm³/mol. The van der Waals surface area contributed by atoms with Crippen LogP contribution in [0.2, 0.25) is 0 Å². The van der Waals surface area contributed by atoms with Gasteiger partial charge in [0.15, 0.2) is 0 Å². The highest BCUT2D eigenvalue weighted by Crippen LogP contribution is 2.25. The van der Waals surface area contributed by atoms with Crippen molar-refractivity contribution in [3.8, 4) is 0 Å². The second-order valence-electron chi connectivity index (χ2n) is 6.95. The summed E-state index contributed by atoms with van der Waals surface area (Å²) in [6.07, 6.45) is 0. The van der Waals surface area contributed by atoms with Crippen LogP contribution in [0.4, 0.5) is 17.1 Å². The third-order valence-corrected chi connectivity index (χ3v) is 4.51. The molecule has 0 radical (unpaired) electrons. The van der Waals surface area contributed by atoms with Gasteiger partial charge in [-0.15, -0.1) is 0 Å². The molecule has 31 heavy (non-hydrogen) atoms. The number of carbonyl (C=O) groups is 2. The second-order valence-corrected chi connectivity index (χ2v) is 6.95. The van der Waals surface area contributed by atoms with E-state index in [-0.39, 0.29) is 23.8 Å². The lowest BCUT2D eigenvalue weighted by molar-refractivity contribution is -0.384. The van der Waals surface area contributed by atoms with E-state index in [1.165, 1.54) is 18.2 Å². The van der Waals surface area contributed by atoms with E-state index in [4.69, 9.17) is 4.74 Å². The first-order chi connectivity index (χ1) is 14.8. The second kappa shape index (κ2) is 9.53. The van der Waals surface area contributed by atoms with Crippen LogP contribution in [0.5, 0.6) is 0 Å². The summed E-state index contributed by atoms with van der Waals surface area (Å²) in [7, 11) is 3.47. The molecule has 1 N–H and O–H groups in total. The number of esters is 1. The van der Waals surface area contributed by atoms with Crippen molar-refractivity contribution in [2.24, 2.45) is 0 Å². The molecule has 158 valence electrons. The molecule has 8 nitrogen and oxygen atoms in total. The molecule has 3 aromatic rings. The van der Waals surface area contributed by atoms with Gasteiger partial charge in [0.1, 0.15) is 6.61 Å². The lowest BCUT2D eigenvalue weighted by atomic mass is 10.1. The highest BCUT2D eigenvalue weighted by atomic mass is 16.6. The Morgan fingerprint density at radius 2 is 1.68 bits per heavy atom. The number of carbonyl (C=O) groups excluding carboxylic acids is 2. The molecule has 8 heteroatoms. The molecule has 0 aliphatic heterocycles. The molecular formula is C23H21N3O5. The van der Waals surface area contributed by atoms with Gasteiger partial charge in [-0.2, -0.15) is 0 Å². The van der Waals surface area contributed by atoms with Gasteiger partial charge in [-0.3, -0.25) is 14.9 Å². The van der Waals surface area contributed by atoms with Gasteiger partial charge < -0.3 is 15.0 Å². The quantitative estimate of drug-likeness (QED) is 0.349. The summed E-state index contributed by atoms with van der Waals surface area (Å²) >= 11 is 0. The number of ether oxygens (including phenoxy) is 1. The van der Waals surface area contributed by atoms with Crippen molar-refractivity contribution < 1.29 is 19.2 Å². The maximum atomic E-state index is 12.6. The topological polar surface area (TPSA) is 102 Å². The van der Waals surface area contributed by atoms with Crippen LogP contribution in [0.3, 0.4) is 0 Å². The van der Waals surface area contributed by atoms with Crippen LogP contribution < -0.4 is 10.2 Å². The van der Waals surface area contributed by atoms with Crippen LogP contribution in [-0.2, 0) is 11.3 Å². The molecule has 0 heterocycles. The Balaban J connectivity index is 1.66. The van der Waals surface area contributed by atoms with Crippen molar-refractivity contribution in [3.05, 3.63) is 99.6 Å². The lowest BCUT2D eigenvalue weighted by Gasteiger charge is -2.16. The minimum absolute atomic E-state index is 0.0328. The number of non-ortho nitro benzene ring substituents is 1. The van der Waals surface area contributed by atoms with Crippen molar-refractivity contribution in [3.63, 3.8) is 0 Å². The number of amides is 1. The number of hydrogen-bond acceptors (Lipinski definition) is 6. The van der Waals surface area contributed by atoms with E-state index in [0.717, 1.165) is 0 Å². The van der Waals surface area contributed by atoms with Crippen LogP contribution in [0.25, 0.3) is 0 Å². The Bertz CT molecular complexity index is 1100. The summed E-state index contributed by atoms with van der Waals surface area (Å²) in [5, 5.41) is 13.8. The zero-order chi connectivity index (χ0) is 22.4. The van der Waals surface area contributed by atoms with Crippen molar-refractivity contribution >= 4 is 28.9 Å². The third kappa shape index (κ3) is 5.45. The van der Waals surface area contributed by atoms with Crippen molar-refractivity contribution in [2.45, 2.75) is 6.61 Å². The van der Waals surface area contributed by atoms with Gasteiger partial charge in [0.2, 0.25) is 0 Å². The Morgan fingerprint density at radius 1 is 1.00 bits per heavy atom. The van der Waals surface area contributed by atoms with Gasteiger partial charge in [-0.25, -0.2) is 4.79 Å². The fourth-order valence-corrected chi connectivity index (χ4v) is 2.89. The molecule has 0 aliphatic carbocycles. The number of nitro benzene ring substituents is 1. The summed E-state index contributed by atoms with van der Waals surface area (Å²) < 4.78 is 5.35. The van der Waals surface area contributed by atoms with E-state index in [2.05, 4.69) is 5.32 Å². The van der Waals surface area contributed by atoms with E-state index in [9.17, 15) is 19.7 Å². The summed E-state index contributed by atoms with van der Waals surface area (Å²) in [5.74, 6) is -0.916. The van der Waals surface area contributed by atoms with Gasteiger partial charge in [0.05, 0.1) is 16.2 Å². The average Bonchev–Trinajstić information content (AvgIpc) is 2.78. The van der Waals surface area contributed by atoms with Crippen LogP contribution in [0, 0.1) is 10.1 Å². The van der Waals surface area contributed by atoms with Crippen LogP contribution in [0.1, 0.15) is 26.3 Å². The summed E-state index contributed by atoms with van der Waals surface area (Å²) in [6, 6.07) is 19.8. The number of nitrogens with one attached hydrogen (secondary N) is 1. The highest BCUT2D eigenvalue weighted by molar-refractivity contribution is 6.04. The van der Waals surface area contributed by atoms with Gasteiger partial charge in [-0.1, -0.05) is 30.3 Å². The summed E-state index contributed by atoms with van der Waals surface area (Å²) in [5.41, 5.74) is 2.28. The van der Waals surface area contributed by atoms with Crippen LogP contribution >= 0.6 is 0 Å². The maximum Gasteiger partial charge on any atom is 0.340 e. The van der Waals surface area contributed by atoms with Gasteiger partial charge >= 0.3 is 5.97 Å². The van der Waals surface area contributed by atoms with Crippen molar-refractivity contribution in [2.75, 3.05) is 24.3 Å². The first-order valence-corrected chi connectivity index (χ1v) is 9.43. The van der Waals surface area contributed by atoms with Gasteiger partial charge in [-0.05, 0) is 35.9 Å². The number of rotatable bonds is 7. The van der Waals surface area contributed by atoms with Crippen molar-refractivity contribution in [1.82, 2.24) is 0 Å². The largest absolute Gasteiger partial charge is 0.457 e. The van der Waals surface area contributed by atoms with Crippen LogP contribution in [0.15, 0.2) is 72.8 Å². The van der Waals surface area contributed by atoms with Gasteiger partial charge in [0, 0.05) is 37.5 Å². The summed E-state index contributed by atoms with van der Waals surface area (Å²) in [4.78, 5) is 37.0. The van der Waals surface area contributed by atoms with Gasteiger partial charge in [0.25, 0.3) is 11.6 Å². The Labute approximate surface area is 179 Å². The maximum absolute atomic E-state index is 12.6. The van der Waals surface area contributed by atoms with E-state index in [0.29, 0.717) is 22.5 Å². The number of para-hydroxylation sites is 1. The first-order valence-electron chi connectivity index (χ1n) is 9.43. The van der Waals surface area contributed by atoms with E-state index < -0.39 is 10.9 Å². The molecule has 0 atom stereocenters. The van der Waals surface area contributed by atoms with E-state index in [1.54, 1.807) is 55.4 Å². The fraction of sp³-hybridized carbons (Fsp3) is 0.130. The number of nitro groups is 1. The van der Waals surface area contributed by atoms with E-state index in [1.807, 2.05) is 18.2 Å². The van der Waals surface area contributed by atoms with Crippen molar-refractivity contribution in [1.29, 1.82) is 0 Å². The summed E-state index contributed by atoms with van der Waals surface area (Å²) in [6.45, 7) is -0.0328. The standard InChI is InChI=1S/C23H21N3O5/c1-25(2)21-13-12-19(26(29)30)14-20(21)23(28)31-15-16-8-10-17(11-9-16)22(27)24-18-6-4-3-5-7-18/h3-14H,15H2,1-2H3,(H,24,27). The Kier molecular flexibility index (Phi) is 6.61. The Hall–Kier alpha value is -4.20. The van der Waals surface area contributed by atoms with E-state index >= 15 is 0 Å². The third-order valence-electron chi connectivity index (χ3n) is 4.51. The number of anilines is 2. The molecule has 0 aliphatic rings. The monoisotopic (exact) mass is 419 g/mol. The smallest absolute Gasteiger partial charge is 0.340 e. The molecule has 0 spiro atoms. The number of nitrogens with zero attached hydrogens (tertiary/aromatic N) is 2. The fourth-order valence-electron chi connectivity index (χ4n) is 2.89. The molecule has 0 aromatic heterocycles. The normalized spacial score (nSPS) is 10.3. The zero-order valence-corrected chi connectivity index (χ0v) is 17.1. The SMILES string of the molecule is CN(C)c1ccc([N+](=O)[O-])cc1C(=O)OCc1ccc(C(=O)Nc2ccccc2)cc1. The molecule has 0 saturated heterocycles. The highest BCUT2D eigenvalue weighted by Gasteiger charge is 2.19.